The Hall–Kier alpha value is -1.85. The van der Waals surface area contributed by atoms with Gasteiger partial charge in [0.2, 0.25) is 0 Å². The Morgan fingerprint density at radius 2 is 2.22 bits per heavy atom. The monoisotopic (exact) mass is 250 g/mol. The molecule has 2 N–H and O–H groups in total. The van der Waals surface area contributed by atoms with E-state index in [-0.39, 0.29) is 0 Å². The highest BCUT2D eigenvalue weighted by Crippen LogP contribution is 2.22. The van der Waals surface area contributed by atoms with Crippen molar-refractivity contribution < 1.29 is 9.90 Å². The summed E-state index contributed by atoms with van der Waals surface area (Å²) in [7, 11) is 0. The molecular weight excluding hydrogens is 232 g/mol. The van der Waals surface area contributed by atoms with Gasteiger partial charge in [0.1, 0.15) is 5.82 Å². The SMILES string of the molecule is O=C(O)NCCC1CCN(c2cnccn2)CC1. The van der Waals surface area contributed by atoms with Crippen molar-refractivity contribution in [2.24, 2.45) is 5.92 Å². The standard InChI is InChI=1S/C12H18N4O2/c17-12(18)15-4-1-10-2-7-16(8-3-10)11-9-13-5-6-14-11/h5-6,9-10,15H,1-4,7-8H2,(H,17,18). The van der Waals surface area contributed by atoms with Crippen molar-refractivity contribution in [3.05, 3.63) is 18.6 Å². The molecule has 2 heterocycles. The Bertz CT molecular complexity index is 377. The number of amides is 1. The highest BCUT2D eigenvalue weighted by atomic mass is 16.4. The lowest BCUT2D eigenvalue weighted by Crippen LogP contribution is -2.35. The number of nitrogens with zero attached hydrogens (tertiary/aromatic N) is 3. The third-order valence-electron chi connectivity index (χ3n) is 3.32. The molecule has 98 valence electrons. The minimum atomic E-state index is -0.938. The molecule has 1 aliphatic rings. The van der Waals surface area contributed by atoms with Crippen LogP contribution in [0.25, 0.3) is 0 Å². The van der Waals surface area contributed by atoms with Crippen LogP contribution in [0.5, 0.6) is 0 Å². The molecule has 18 heavy (non-hydrogen) atoms. The summed E-state index contributed by atoms with van der Waals surface area (Å²) in [5.74, 6) is 1.53. The Morgan fingerprint density at radius 1 is 1.44 bits per heavy atom. The fourth-order valence-electron chi connectivity index (χ4n) is 2.29. The summed E-state index contributed by atoms with van der Waals surface area (Å²) in [6.07, 6.45) is 7.31. The number of carbonyl (C=O) groups is 1. The zero-order chi connectivity index (χ0) is 12.8. The molecule has 6 heteroatoms. The minimum absolute atomic E-state index is 0.547. The molecule has 2 rings (SSSR count). The number of nitrogens with one attached hydrogen (secondary N) is 1. The largest absolute Gasteiger partial charge is 0.465 e. The molecule has 6 nitrogen and oxygen atoms in total. The molecular formula is C12H18N4O2. The van der Waals surface area contributed by atoms with Crippen molar-refractivity contribution >= 4 is 11.9 Å². The number of rotatable bonds is 4. The third kappa shape index (κ3) is 3.58. The molecule has 0 spiro atoms. The second-order valence-electron chi connectivity index (χ2n) is 4.51. The van der Waals surface area contributed by atoms with Gasteiger partial charge in [-0.25, -0.2) is 9.78 Å². The van der Waals surface area contributed by atoms with Crippen LogP contribution >= 0.6 is 0 Å². The quantitative estimate of drug-likeness (QED) is 0.843. The van der Waals surface area contributed by atoms with E-state index in [1.807, 2.05) is 0 Å². The van der Waals surface area contributed by atoms with Gasteiger partial charge in [-0.3, -0.25) is 4.98 Å². The van der Waals surface area contributed by atoms with Crippen molar-refractivity contribution in [1.82, 2.24) is 15.3 Å². The lowest BCUT2D eigenvalue weighted by Gasteiger charge is -2.32. The van der Waals surface area contributed by atoms with E-state index in [9.17, 15) is 4.79 Å². The summed E-state index contributed by atoms with van der Waals surface area (Å²) in [4.78, 5) is 20.9. The molecule has 1 saturated heterocycles. The van der Waals surface area contributed by atoms with E-state index < -0.39 is 6.09 Å². The first-order chi connectivity index (χ1) is 8.75. The van der Waals surface area contributed by atoms with E-state index in [0.717, 1.165) is 38.2 Å². The zero-order valence-corrected chi connectivity index (χ0v) is 10.2. The number of aromatic nitrogens is 2. The van der Waals surface area contributed by atoms with Crippen molar-refractivity contribution in [2.45, 2.75) is 19.3 Å². The van der Waals surface area contributed by atoms with Gasteiger partial charge >= 0.3 is 6.09 Å². The first kappa shape index (κ1) is 12.6. The average Bonchev–Trinajstić information content (AvgIpc) is 2.40. The van der Waals surface area contributed by atoms with E-state index >= 15 is 0 Å². The van der Waals surface area contributed by atoms with Gasteiger partial charge in [0.05, 0.1) is 6.20 Å². The van der Waals surface area contributed by atoms with Crippen LogP contribution in [0.2, 0.25) is 0 Å². The van der Waals surface area contributed by atoms with Crippen LogP contribution in [0.3, 0.4) is 0 Å². The maximum Gasteiger partial charge on any atom is 0.404 e. The topological polar surface area (TPSA) is 78.4 Å². The highest BCUT2D eigenvalue weighted by molar-refractivity contribution is 5.64. The molecule has 0 atom stereocenters. The summed E-state index contributed by atoms with van der Waals surface area (Å²) in [5.41, 5.74) is 0. The van der Waals surface area contributed by atoms with E-state index in [1.165, 1.54) is 0 Å². The molecule has 1 fully saturated rings. The smallest absolute Gasteiger partial charge is 0.404 e. The average molecular weight is 250 g/mol. The lowest BCUT2D eigenvalue weighted by molar-refractivity contribution is 0.193. The second kappa shape index (κ2) is 6.18. The van der Waals surface area contributed by atoms with Crippen LogP contribution < -0.4 is 10.2 Å². The summed E-state index contributed by atoms with van der Waals surface area (Å²) < 4.78 is 0. The number of anilines is 1. The van der Waals surface area contributed by atoms with Crippen LogP contribution in [-0.4, -0.2) is 40.8 Å². The molecule has 1 amide bonds. The lowest BCUT2D eigenvalue weighted by atomic mass is 9.93. The fraction of sp³-hybridized carbons (Fsp3) is 0.583. The number of piperidine rings is 1. The Morgan fingerprint density at radius 3 is 2.83 bits per heavy atom. The van der Waals surface area contributed by atoms with Crippen LogP contribution in [0, 0.1) is 5.92 Å². The molecule has 0 aromatic carbocycles. The normalized spacial score (nSPS) is 16.6. The number of carboxylic acid groups (broad SMARTS) is 1. The summed E-state index contributed by atoms with van der Waals surface area (Å²) >= 11 is 0. The van der Waals surface area contributed by atoms with Gasteiger partial charge in [-0.1, -0.05) is 0 Å². The number of hydrogen-bond acceptors (Lipinski definition) is 4. The van der Waals surface area contributed by atoms with Crippen LogP contribution in [0.1, 0.15) is 19.3 Å². The molecule has 1 aromatic heterocycles. The van der Waals surface area contributed by atoms with Gasteiger partial charge in [0, 0.05) is 32.0 Å². The summed E-state index contributed by atoms with van der Waals surface area (Å²) in [6.45, 7) is 2.48. The van der Waals surface area contributed by atoms with E-state index in [0.29, 0.717) is 12.5 Å². The molecule has 1 aromatic rings. The summed E-state index contributed by atoms with van der Waals surface area (Å²) in [6, 6.07) is 0. The Kier molecular flexibility index (Phi) is 4.33. The number of hydrogen-bond donors (Lipinski definition) is 2. The second-order valence-corrected chi connectivity index (χ2v) is 4.51. The van der Waals surface area contributed by atoms with Crippen molar-refractivity contribution in [2.75, 3.05) is 24.5 Å². The van der Waals surface area contributed by atoms with Gasteiger partial charge < -0.3 is 15.3 Å². The molecule has 0 unspecified atom stereocenters. The predicted molar refractivity (Wildman–Crippen MR) is 67.6 cm³/mol. The molecule has 0 aliphatic carbocycles. The van der Waals surface area contributed by atoms with Crippen LogP contribution in [0.15, 0.2) is 18.6 Å². The third-order valence-corrected chi connectivity index (χ3v) is 3.32. The van der Waals surface area contributed by atoms with E-state index in [4.69, 9.17) is 5.11 Å². The molecule has 0 bridgehead atoms. The summed E-state index contributed by atoms with van der Waals surface area (Å²) in [5, 5.41) is 10.9. The van der Waals surface area contributed by atoms with Crippen LogP contribution in [-0.2, 0) is 0 Å². The van der Waals surface area contributed by atoms with Gasteiger partial charge in [0.25, 0.3) is 0 Å². The Labute approximate surface area is 106 Å². The predicted octanol–water partition coefficient (Wildman–Crippen LogP) is 1.35. The van der Waals surface area contributed by atoms with Gasteiger partial charge in [0.15, 0.2) is 0 Å². The van der Waals surface area contributed by atoms with Crippen molar-refractivity contribution in [3.8, 4) is 0 Å². The Balaban J connectivity index is 1.73. The highest BCUT2D eigenvalue weighted by Gasteiger charge is 2.19. The van der Waals surface area contributed by atoms with Gasteiger partial charge in [-0.05, 0) is 25.2 Å². The fourth-order valence-corrected chi connectivity index (χ4v) is 2.29. The maximum absolute atomic E-state index is 10.3. The van der Waals surface area contributed by atoms with Gasteiger partial charge in [-0.2, -0.15) is 0 Å². The van der Waals surface area contributed by atoms with Crippen molar-refractivity contribution in [1.29, 1.82) is 0 Å². The first-order valence-electron chi connectivity index (χ1n) is 6.23. The maximum atomic E-state index is 10.3. The first-order valence-corrected chi connectivity index (χ1v) is 6.23. The molecule has 0 saturated carbocycles. The van der Waals surface area contributed by atoms with E-state index in [2.05, 4.69) is 20.2 Å². The van der Waals surface area contributed by atoms with Gasteiger partial charge in [-0.15, -0.1) is 0 Å². The molecule has 0 radical (unpaired) electrons. The van der Waals surface area contributed by atoms with Crippen molar-refractivity contribution in [3.63, 3.8) is 0 Å². The minimum Gasteiger partial charge on any atom is -0.465 e. The van der Waals surface area contributed by atoms with Crippen LogP contribution in [0.4, 0.5) is 10.6 Å². The zero-order valence-electron chi connectivity index (χ0n) is 10.2. The van der Waals surface area contributed by atoms with E-state index in [1.54, 1.807) is 18.6 Å². The molecule has 1 aliphatic heterocycles.